The molecule has 0 bridgehead atoms. The molecule has 1 amide bonds. The summed E-state index contributed by atoms with van der Waals surface area (Å²) in [4.78, 5) is 17.2. The summed E-state index contributed by atoms with van der Waals surface area (Å²) in [5, 5.41) is 4.15. The van der Waals surface area contributed by atoms with Crippen molar-refractivity contribution in [1.82, 2.24) is 9.55 Å². The van der Waals surface area contributed by atoms with E-state index < -0.39 is 0 Å². The van der Waals surface area contributed by atoms with Gasteiger partial charge in [0.15, 0.2) is 0 Å². The quantitative estimate of drug-likeness (QED) is 0.263. The summed E-state index contributed by atoms with van der Waals surface area (Å²) in [7, 11) is 1.67. The number of amides is 1. The monoisotopic (exact) mass is 491 g/mol. The lowest BCUT2D eigenvalue weighted by Crippen LogP contribution is -2.15. The van der Waals surface area contributed by atoms with Crippen molar-refractivity contribution in [3.05, 3.63) is 114 Å². The van der Waals surface area contributed by atoms with Gasteiger partial charge in [0.2, 0.25) is 5.91 Å². The van der Waals surface area contributed by atoms with Crippen molar-refractivity contribution < 1.29 is 14.3 Å². The van der Waals surface area contributed by atoms with Gasteiger partial charge in [-0.05, 0) is 79.1 Å². The first kappa shape index (κ1) is 24.1. The molecule has 0 unspecified atom stereocenters. The molecule has 0 aliphatic rings. The fourth-order valence-corrected chi connectivity index (χ4v) is 4.58. The van der Waals surface area contributed by atoms with Gasteiger partial charge < -0.3 is 19.4 Å². The molecule has 37 heavy (non-hydrogen) atoms. The largest absolute Gasteiger partial charge is 0.497 e. The smallest absolute Gasteiger partial charge is 0.228 e. The summed E-state index contributed by atoms with van der Waals surface area (Å²) in [6.45, 7) is 4.76. The van der Waals surface area contributed by atoms with Gasteiger partial charge in [-0.15, -0.1) is 0 Å². The van der Waals surface area contributed by atoms with E-state index in [9.17, 15) is 4.79 Å². The van der Waals surface area contributed by atoms with E-state index in [1.165, 1.54) is 5.56 Å². The number of hydrogen-bond donors (Lipinski definition) is 1. The van der Waals surface area contributed by atoms with Gasteiger partial charge in [-0.25, -0.2) is 0 Å². The fraction of sp³-hybridized carbons (Fsp3) is 0.161. The minimum absolute atomic E-state index is 0.0595. The van der Waals surface area contributed by atoms with Crippen LogP contribution in [0.4, 0.5) is 5.69 Å². The van der Waals surface area contributed by atoms with Crippen LogP contribution < -0.4 is 14.8 Å². The number of methoxy groups -OCH3 is 1. The van der Waals surface area contributed by atoms with E-state index in [1.807, 2.05) is 61.5 Å². The third-order valence-corrected chi connectivity index (χ3v) is 6.52. The van der Waals surface area contributed by atoms with Crippen LogP contribution in [-0.4, -0.2) is 22.6 Å². The van der Waals surface area contributed by atoms with Crippen LogP contribution >= 0.6 is 0 Å². The minimum Gasteiger partial charge on any atom is -0.497 e. The van der Waals surface area contributed by atoms with E-state index in [1.54, 1.807) is 19.5 Å². The maximum atomic E-state index is 13.1. The van der Waals surface area contributed by atoms with E-state index in [0.29, 0.717) is 5.75 Å². The molecule has 0 aliphatic carbocycles. The van der Waals surface area contributed by atoms with Crippen molar-refractivity contribution in [3.8, 4) is 17.2 Å². The summed E-state index contributed by atoms with van der Waals surface area (Å²) in [5.74, 6) is 2.17. The Kier molecular flexibility index (Phi) is 6.90. The lowest BCUT2D eigenvalue weighted by atomic mass is 10.1. The molecule has 0 radical (unpaired) electrons. The van der Waals surface area contributed by atoms with Crippen molar-refractivity contribution in [2.24, 2.45) is 0 Å². The van der Waals surface area contributed by atoms with Crippen LogP contribution in [0.2, 0.25) is 0 Å². The van der Waals surface area contributed by atoms with E-state index >= 15 is 0 Å². The molecule has 0 saturated heterocycles. The highest BCUT2D eigenvalue weighted by atomic mass is 16.5. The number of ether oxygens (including phenoxy) is 2. The molecule has 5 aromatic rings. The highest BCUT2D eigenvalue weighted by Gasteiger charge is 2.17. The lowest BCUT2D eigenvalue weighted by Gasteiger charge is -2.12. The van der Waals surface area contributed by atoms with Crippen LogP contribution in [0.3, 0.4) is 0 Å². The third kappa shape index (κ3) is 5.33. The minimum atomic E-state index is -0.0595. The second-order valence-corrected chi connectivity index (χ2v) is 9.01. The van der Waals surface area contributed by atoms with Crippen LogP contribution in [0.15, 0.2) is 91.3 Å². The predicted molar refractivity (Wildman–Crippen MR) is 147 cm³/mol. The van der Waals surface area contributed by atoms with Gasteiger partial charge in [-0.1, -0.05) is 30.3 Å². The molecule has 0 spiro atoms. The molecule has 0 fully saturated rings. The highest BCUT2D eigenvalue weighted by Crippen LogP contribution is 2.29. The average molecular weight is 492 g/mol. The van der Waals surface area contributed by atoms with Gasteiger partial charge in [0.25, 0.3) is 0 Å². The van der Waals surface area contributed by atoms with E-state index in [-0.39, 0.29) is 12.3 Å². The number of carbonyl (C=O) groups excluding carboxylic acids is 1. The van der Waals surface area contributed by atoms with E-state index in [0.717, 1.165) is 51.5 Å². The van der Waals surface area contributed by atoms with Crippen LogP contribution in [0.5, 0.6) is 17.2 Å². The molecule has 6 heteroatoms. The summed E-state index contributed by atoms with van der Waals surface area (Å²) < 4.78 is 13.5. The van der Waals surface area contributed by atoms with E-state index in [2.05, 4.69) is 46.1 Å². The molecule has 2 aromatic heterocycles. The third-order valence-electron chi connectivity index (χ3n) is 6.52. The molecule has 0 saturated carbocycles. The van der Waals surface area contributed by atoms with Crippen LogP contribution in [0, 0.1) is 13.8 Å². The zero-order valence-corrected chi connectivity index (χ0v) is 21.2. The Hall–Kier alpha value is -4.58. The number of nitrogens with zero attached hydrogens (tertiary/aromatic N) is 2. The summed E-state index contributed by atoms with van der Waals surface area (Å²) in [6.07, 6.45) is 3.66. The van der Waals surface area contributed by atoms with Crippen LogP contribution in [0.1, 0.15) is 22.4 Å². The number of fused-ring (bicyclic) bond motifs is 1. The first-order valence-electron chi connectivity index (χ1n) is 12.2. The van der Waals surface area contributed by atoms with Gasteiger partial charge in [0.05, 0.1) is 19.7 Å². The number of nitrogens with one attached hydrogen (secondary N) is 1. The molecule has 2 heterocycles. The molecular weight excluding hydrogens is 462 g/mol. The Morgan fingerprint density at radius 2 is 1.76 bits per heavy atom. The number of anilines is 1. The number of carbonyl (C=O) groups is 1. The van der Waals surface area contributed by atoms with E-state index in [4.69, 9.17) is 9.47 Å². The Balaban J connectivity index is 1.34. The number of aryl methyl sites for hydroxylation is 1. The summed E-state index contributed by atoms with van der Waals surface area (Å²) in [6, 6.07) is 25.7. The fourth-order valence-electron chi connectivity index (χ4n) is 4.58. The van der Waals surface area contributed by atoms with Gasteiger partial charge in [0.1, 0.15) is 17.2 Å². The number of benzene rings is 3. The lowest BCUT2D eigenvalue weighted by molar-refractivity contribution is -0.115. The number of rotatable bonds is 8. The first-order valence-corrected chi connectivity index (χ1v) is 12.2. The number of hydrogen-bond acceptors (Lipinski definition) is 4. The second kappa shape index (κ2) is 10.6. The summed E-state index contributed by atoms with van der Waals surface area (Å²) in [5.41, 5.74) is 6.07. The van der Waals surface area contributed by atoms with Crippen molar-refractivity contribution in [1.29, 1.82) is 0 Å². The Morgan fingerprint density at radius 1 is 0.946 bits per heavy atom. The second-order valence-electron chi connectivity index (χ2n) is 9.01. The summed E-state index contributed by atoms with van der Waals surface area (Å²) >= 11 is 0. The Morgan fingerprint density at radius 3 is 2.49 bits per heavy atom. The highest BCUT2D eigenvalue weighted by molar-refractivity contribution is 5.96. The Bertz CT molecular complexity index is 1540. The van der Waals surface area contributed by atoms with Crippen molar-refractivity contribution in [3.63, 3.8) is 0 Å². The average Bonchev–Trinajstić information content (AvgIpc) is 3.17. The molecule has 0 aliphatic heterocycles. The van der Waals surface area contributed by atoms with Crippen LogP contribution in [0.25, 0.3) is 10.9 Å². The Labute approximate surface area is 216 Å². The maximum Gasteiger partial charge on any atom is 0.228 e. The number of para-hydroxylation sites is 1. The molecule has 186 valence electrons. The van der Waals surface area contributed by atoms with Gasteiger partial charge in [0, 0.05) is 35.0 Å². The zero-order valence-electron chi connectivity index (χ0n) is 21.2. The molecular formula is C31H29N3O3. The van der Waals surface area contributed by atoms with Crippen LogP contribution in [-0.2, 0) is 17.8 Å². The normalized spacial score (nSPS) is 10.9. The van der Waals surface area contributed by atoms with Gasteiger partial charge in [-0.2, -0.15) is 0 Å². The molecule has 0 atom stereocenters. The molecule has 1 N–H and O–H groups in total. The first-order chi connectivity index (χ1) is 18.0. The SMILES string of the molecule is COc1ccc(Cn2c(C)c(CC(=O)Nc3ccc(Oc4cccnc4)c(C)c3)c3ccccc32)cc1. The number of pyridine rings is 1. The molecule has 5 rings (SSSR count). The molecule has 3 aromatic carbocycles. The zero-order chi connectivity index (χ0) is 25.8. The maximum absolute atomic E-state index is 13.1. The standard InChI is InChI=1S/C31H29N3O3/c1-21-17-24(12-15-30(21)37-26-7-6-16-32-19-26)33-31(35)18-28-22(2)34(29-9-5-4-8-27(28)29)20-23-10-13-25(36-3)14-11-23/h4-17,19H,18,20H2,1-3H3,(H,33,35). The topological polar surface area (TPSA) is 65.4 Å². The van der Waals surface area contributed by atoms with Gasteiger partial charge in [-0.3, -0.25) is 9.78 Å². The van der Waals surface area contributed by atoms with Crippen molar-refractivity contribution >= 4 is 22.5 Å². The number of aromatic nitrogens is 2. The predicted octanol–water partition coefficient (Wildman–Crippen LogP) is 6.68. The van der Waals surface area contributed by atoms with Crippen molar-refractivity contribution in [2.45, 2.75) is 26.8 Å². The van der Waals surface area contributed by atoms with Gasteiger partial charge >= 0.3 is 0 Å². The molecule has 6 nitrogen and oxygen atoms in total. The van der Waals surface area contributed by atoms with Crippen molar-refractivity contribution in [2.75, 3.05) is 12.4 Å².